The van der Waals surface area contributed by atoms with Crippen LogP contribution in [0.3, 0.4) is 0 Å². The van der Waals surface area contributed by atoms with Gasteiger partial charge < -0.3 is 9.47 Å². The monoisotopic (exact) mass is 489 g/mol. The number of allylic oxidation sites excluding steroid dienone is 1. The molecular formula is C22H20BrNO5S. The maximum atomic E-state index is 13.0. The van der Waals surface area contributed by atoms with E-state index < -0.39 is 9.84 Å². The molecule has 6 nitrogen and oxygen atoms in total. The molecule has 0 N–H and O–H groups in total. The molecular weight excluding hydrogens is 470 g/mol. The van der Waals surface area contributed by atoms with E-state index in [9.17, 15) is 13.2 Å². The Balaban J connectivity index is 1.46. The van der Waals surface area contributed by atoms with E-state index >= 15 is 0 Å². The summed E-state index contributed by atoms with van der Waals surface area (Å²) < 4.78 is 36.5. The molecule has 1 fully saturated rings. The van der Waals surface area contributed by atoms with E-state index in [-0.39, 0.29) is 29.1 Å². The topological polar surface area (TPSA) is 72.9 Å². The lowest BCUT2D eigenvalue weighted by Crippen LogP contribution is -2.41. The van der Waals surface area contributed by atoms with Gasteiger partial charge in [-0.3, -0.25) is 9.69 Å². The molecule has 3 aliphatic heterocycles. The predicted octanol–water partition coefficient (Wildman–Crippen LogP) is 3.71. The Bertz CT molecular complexity index is 1200. The van der Waals surface area contributed by atoms with Crippen LogP contribution in [0.2, 0.25) is 0 Å². The zero-order valence-corrected chi connectivity index (χ0v) is 18.8. The molecule has 0 radical (unpaired) electrons. The van der Waals surface area contributed by atoms with E-state index in [1.807, 2.05) is 42.2 Å². The number of carbonyl (C=O) groups is 1. The number of hydrogen-bond acceptors (Lipinski definition) is 6. The fourth-order valence-corrected chi connectivity index (χ4v) is 6.46. The number of Topliss-reactive ketones (excluding diaryl/α,β-unsaturated/α-hetero) is 1. The van der Waals surface area contributed by atoms with Crippen molar-refractivity contribution in [1.29, 1.82) is 0 Å². The molecule has 0 bridgehead atoms. The Morgan fingerprint density at radius 3 is 2.77 bits per heavy atom. The summed E-state index contributed by atoms with van der Waals surface area (Å²) >= 11 is 3.49. The van der Waals surface area contributed by atoms with Crippen molar-refractivity contribution in [3.8, 4) is 11.5 Å². The van der Waals surface area contributed by atoms with Gasteiger partial charge in [-0.05, 0) is 37.1 Å². The van der Waals surface area contributed by atoms with Gasteiger partial charge in [-0.25, -0.2) is 8.42 Å². The molecule has 8 heteroatoms. The van der Waals surface area contributed by atoms with Crippen LogP contribution in [0.4, 0.5) is 0 Å². The molecule has 0 aromatic heterocycles. The van der Waals surface area contributed by atoms with Gasteiger partial charge in [0.25, 0.3) is 0 Å². The van der Waals surface area contributed by atoms with Crippen molar-refractivity contribution >= 4 is 37.6 Å². The average Bonchev–Trinajstić information content (AvgIpc) is 3.23. The molecule has 1 saturated heterocycles. The van der Waals surface area contributed by atoms with Crippen LogP contribution in [-0.2, 0) is 16.4 Å². The van der Waals surface area contributed by atoms with Gasteiger partial charge in [-0.2, -0.15) is 0 Å². The second-order valence-corrected chi connectivity index (χ2v) is 11.0. The van der Waals surface area contributed by atoms with E-state index in [4.69, 9.17) is 9.47 Å². The minimum atomic E-state index is -2.97. The number of sulfone groups is 1. The van der Waals surface area contributed by atoms with Crippen LogP contribution < -0.4 is 9.47 Å². The SMILES string of the molecule is Cc1c2c(cc3c1O/C(=C\c1ccccc1Br)C3=O)CN(C1CCS(=O)(=O)C1)CO2. The molecule has 1 unspecified atom stereocenters. The van der Waals surface area contributed by atoms with Gasteiger partial charge in [0.2, 0.25) is 5.78 Å². The van der Waals surface area contributed by atoms with Crippen LogP contribution >= 0.6 is 15.9 Å². The minimum absolute atomic E-state index is 0.0467. The Morgan fingerprint density at radius 2 is 2.03 bits per heavy atom. The Kier molecular flexibility index (Phi) is 4.76. The van der Waals surface area contributed by atoms with Crippen LogP contribution in [-0.4, -0.2) is 43.4 Å². The molecule has 30 heavy (non-hydrogen) atoms. The highest BCUT2D eigenvalue weighted by atomic mass is 79.9. The molecule has 5 rings (SSSR count). The van der Waals surface area contributed by atoms with Gasteiger partial charge in [0.05, 0.1) is 17.1 Å². The number of ether oxygens (including phenoxy) is 2. The summed E-state index contributed by atoms with van der Waals surface area (Å²) in [6.07, 6.45) is 2.35. The first-order valence-corrected chi connectivity index (χ1v) is 12.4. The summed E-state index contributed by atoms with van der Waals surface area (Å²) in [6.45, 7) is 2.78. The number of fused-ring (bicyclic) bond motifs is 2. The molecule has 0 spiro atoms. The number of ketones is 1. The normalized spacial score (nSPS) is 23.7. The van der Waals surface area contributed by atoms with Crippen molar-refractivity contribution in [2.24, 2.45) is 0 Å². The summed E-state index contributed by atoms with van der Waals surface area (Å²) in [5, 5.41) is 0. The fraction of sp³-hybridized carbons (Fsp3) is 0.318. The molecule has 3 heterocycles. The predicted molar refractivity (Wildman–Crippen MR) is 116 cm³/mol. The molecule has 3 aliphatic rings. The van der Waals surface area contributed by atoms with Crippen molar-refractivity contribution in [3.63, 3.8) is 0 Å². The number of carbonyl (C=O) groups excluding carboxylic acids is 1. The van der Waals surface area contributed by atoms with Crippen molar-refractivity contribution < 1.29 is 22.7 Å². The quantitative estimate of drug-likeness (QED) is 0.598. The van der Waals surface area contributed by atoms with E-state index in [1.54, 1.807) is 6.08 Å². The summed E-state index contributed by atoms with van der Waals surface area (Å²) in [5.74, 6) is 1.76. The van der Waals surface area contributed by atoms with Gasteiger partial charge in [-0.15, -0.1) is 0 Å². The van der Waals surface area contributed by atoms with Crippen LogP contribution in [0, 0.1) is 6.92 Å². The Hall–Kier alpha value is -2.16. The first kappa shape index (κ1) is 19.8. The minimum Gasteiger partial charge on any atom is -0.477 e. The smallest absolute Gasteiger partial charge is 0.231 e. The second-order valence-electron chi connectivity index (χ2n) is 7.90. The molecule has 156 valence electrons. The van der Waals surface area contributed by atoms with Crippen molar-refractivity contribution in [3.05, 3.63) is 62.8 Å². The highest BCUT2D eigenvalue weighted by molar-refractivity contribution is 9.10. The van der Waals surface area contributed by atoms with E-state index in [2.05, 4.69) is 15.9 Å². The summed E-state index contributed by atoms with van der Waals surface area (Å²) in [4.78, 5) is 15.1. The molecule has 0 aliphatic carbocycles. The van der Waals surface area contributed by atoms with Crippen molar-refractivity contribution in [2.45, 2.75) is 25.9 Å². The summed E-state index contributed by atoms with van der Waals surface area (Å²) in [7, 11) is -2.97. The maximum absolute atomic E-state index is 13.0. The van der Waals surface area contributed by atoms with Gasteiger partial charge in [0.15, 0.2) is 15.6 Å². The lowest BCUT2D eigenvalue weighted by Gasteiger charge is -2.33. The Labute approximate surface area is 183 Å². The number of halogens is 1. The van der Waals surface area contributed by atoms with E-state index in [1.165, 1.54) is 0 Å². The number of hydrogen-bond donors (Lipinski definition) is 0. The Morgan fingerprint density at radius 1 is 1.23 bits per heavy atom. The van der Waals surface area contributed by atoms with Gasteiger partial charge in [0, 0.05) is 28.2 Å². The third kappa shape index (κ3) is 3.36. The highest BCUT2D eigenvalue weighted by Gasteiger charge is 2.37. The van der Waals surface area contributed by atoms with Crippen LogP contribution in [0.5, 0.6) is 11.5 Å². The summed E-state index contributed by atoms with van der Waals surface area (Å²) in [5.41, 5.74) is 3.07. The zero-order chi connectivity index (χ0) is 21.0. The standard InChI is InChI=1S/C22H20BrNO5S/c1-13-21-15(10-24(12-28-21)16-6-7-30(26,27)11-16)8-17-20(25)19(29-22(13)17)9-14-4-2-3-5-18(14)23/h2-5,8-9,16H,6-7,10-12H2,1H3/b19-9-. The average molecular weight is 490 g/mol. The van der Waals surface area contributed by atoms with Crippen molar-refractivity contribution in [1.82, 2.24) is 4.90 Å². The zero-order valence-electron chi connectivity index (χ0n) is 16.4. The molecule has 0 amide bonds. The van der Waals surface area contributed by atoms with E-state index in [0.717, 1.165) is 26.9 Å². The first-order chi connectivity index (χ1) is 14.3. The number of nitrogens with zero attached hydrogens (tertiary/aromatic N) is 1. The second kappa shape index (κ2) is 7.21. The van der Waals surface area contributed by atoms with Crippen LogP contribution in [0.15, 0.2) is 40.6 Å². The maximum Gasteiger partial charge on any atom is 0.231 e. The van der Waals surface area contributed by atoms with Gasteiger partial charge in [0.1, 0.15) is 18.2 Å². The molecule has 2 aromatic carbocycles. The van der Waals surface area contributed by atoms with Gasteiger partial charge >= 0.3 is 0 Å². The molecule has 0 saturated carbocycles. The number of benzene rings is 2. The third-order valence-corrected chi connectivity index (χ3v) is 8.35. The van der Waals surface area contributed by atoms with E-state index in [0.29, 0.717) is 31.0 Å². The molecule has 1 atom stereocenters. The molecule has 2 aromatic rings. The van der Waals surface area contributed by atoms with Crippen LogP contribution in [0.1, 0.15) is 33.5 Å². The summed E-state index contributed by atoms with van der Waals surface area (Å²) in [6, 6.07) is 9.42. The lowest BCUT2D eigenvalue weighted by atomic mass is 9.99. The highest BCUT2D eigenvalue weighted by Crippen LogP contribution is 2.43. The van der Waals surface area contributed by atoms with Crippen LogP contribution in [0.25, 0.3) is 6.08 Å². The van der Waals surface area contributed by atoms with Gasteiger partial charge in [-0.1, -0.05) is 34.1 Å². The van der Waals surface area contributed by atoms with Crippen molar-refractivity contribution in [2.75, 3.05) is 18.2 Å². The fourth-order valence-electron chi connectivity index (χ4n) is 4.30. The number of rotatable bonds is 2. The lowest BCUT2D eigenvalue weighted by molar-refractivity contribution is 0.0637. The third-order valence-electron chi connectivity index (χ3n) is 5.88. The largest absolute Gasteiger partial charge is 0.477 e. The first-order valence-electron chi connectivity index (χ1n) is 9.75.